The van der Waals surface area contributed by atoms with Gasteiger partial charge in [0.1, 0.15) is 5.92 Å². The first-order valence-corrected chi connectivity index (χ1v) is 10.9. The highest BCUT2D eigenvalue weighted by molar-refractivity contribution is 9.10. The number of nitriles is 1. The normalized spacial score (nSPS) is 21.6. The molecule has 152 valence electrons. The lowest BCUT2D eigenvalue weighted by atomic mass is 9.78. The molecule has 7 nitrogen and oxygen atoms in total. The van der Waals surface area contributed by atoms with Gasteiger partial charge in [-0.1, -0.05) is 39.8 Å². The second-order valence-corrected chi connectivity index (χ2v) is 8.66. The Morgan fingerprint density at radius 1 is 1.38 bits per heavy atom. The van der Waals surface area contributed by atoms with Crippen LogP contribution in [0.5, 0.6) is 0 Å². The number of rotatable bonds is 5. The number of halogens is 1. The van der Waals surface area contributed by atoms with Crippen molar-refractivity contribution in [2.45, 2.75) is 18.8 Å². The average Bonchev–Trinajstić information content (AvgIpc) is 3.25. The summed E-state index contributed by atoms with van der Waals surface area (Å²) in [6.45, 7) is 1.47. The zero-order valence-corrected chi connectivity index (χ0v) is 18.2. The molecule has 1 N–H and O–H groups in total. The van der Waals surface area contributed by atoms with E-state index in [0.29, 0.717) is 10.6 Å². The number of likely N-dealkylation sites (tertiary alicyclic amines) is 1. The van der Waals surface area contributed by atoms with Gasteiger partial charge in [0.05, 0.1) is 29.5 Å². The van der Waals surface area contributed by atoms with E-state index in [-0.39, 0.29) is 17.2 Å². The van der Waals surface area contributed by atoms with Gasteiger partial charge in [-0.3, -0.25) is 14.4 Å². The zero-order chi connectivity index (χ0) is 21.0. The van der Waals surface area contributed by atoms with Gasteiger partial charge in [0.25, 0.3) is 0 Å². The highest BCUT2D eigenvalue weighted by atomic mass is 79.9. The molecule has 2 heterocycles. The molecule has 0 bridgehead atoms. The lowest BCUT2D eigenvalue weighted by Gasteiger charge is -2.31. The molecule has 2 aliphatic heterocycles. The number of thioether (sulfide) groups is 1. The molecule has 3 rings (SSSR count). The van der Waals surface area contributed by atoms with Crippen LogP contribution in [0.2, 0.25) is 0 Å². The second kappa shape index (κ2) is 9.46. The van der Waals surface area contributed by atoms with E-state index in [1.807, 2.05) is 6.07 Å². The summed E-state index contributed by atoms with van der Waals surface area (Å²) in [4.78, 5) is 39.3. The third-order valence-corrected chi connectivity index (χ3v) is 6.49. The summed E-state index contributed by atoms with van der Waals surface area (Å²) in [5.41, 5.74) is 0.891. The first-order chi connectivity index (χ1) is 14.0. The van der Waals surface area contributed by atoms with Crippen LogP contribution in [0.3, 0.4) is 0 Å². The minimum Gasteiger partial charge on any atom is -0.468 e. The molecule has 9 heteroatoms. The molecule has 0 aliphatic carbocycles. The topological polar surface area (TPSA) is 99.5 Å². The smallest absolute Gasteiger partial charge is 0.319 e. The molecule has 0 spiro atoms. The van der Waals surface area contributed by atoms with Gasteiger partial charge in [-0.2, -0.15) is 5.26 Å². The molecular formula is C20H20BrN3O4S. The van der Waals surface area contributed by atoms with Crippen LogP contribution in [0.25, 0.3) is 0 Å². The maximum atomic E-state index is 12.8. The molecule has 1 aromatic rings. The Balaban J connectivity index is 1.95. The Bertz CT molecular complexity index is 905. The zero-order valence-electron chi connectivity index (χ0n) is 15.8. The molecule has 0 saturated carbocycles. The Labute approximate surface area is 181 Å². The van der Waals surface area contributed by atoms with Crippen molar-refractivity contribution in [3.63, 3.8) is 0 Å². The minimum absolute atomic E-state index is 0.0272. The van der Waals surface area contributed by atoms with Gasteiger partial charge >= 0.3 is 5.97 Å². The van der Waals surface area contributed by atoms with Crippen molar-refractivity contribution >= 4 is 45.5 Å². The van der Waals surface area contributed by atoms with Gasteiger partial charge in [-0.25, -0.2) is 0 Å². The number of amides is 2. The van der Waals surface area contributed by atoms with Crippen LogP contribution in [0.15, 0.2) is 39.3 Å². The number of benzene rings is 1. The molecule has 29 heavy (non-hydrogen) atoms. The Morgan fingerprint density at radius 2 is 2.10 bits per heavy atom. The molecule has 0 radical (unpaired) electrons. The number of allylic oxidation sites excluding steroid dienone is 1. The predicted molar refractivity (Wildman–Crippen MR) is 111 cm³/mol. The van der Waals surface area contributed by atoms with Gasteiger partial charge < -0.3 is 15.0 Å². The third kappa shape index (κ3) is 4.65. The number of ether oxygens (including phenoxy) is 1. The molecule has 1 aromatic carbocycles. The monoisotopic (exact) mass is 477 g/mol. The lowest BCUT2D eigenvalue weighted by Crippen LogP contribution is -2.44. The highest BCUT2D eigenvalue weighted by Crippen LogP contribution is 2.40. The molecular weight excluding hydrogens is 458 g/mol. The summed E-state index contributed by atoms with van der Waals surface area (Å²) in [6.07, 6.45) is 1.98. The average molecular weight is 478 g/mol. The summed E-state index contributed by atoms with van der Waals surface area (Å²) < 4.78 is 5.59. The van der Waals surface area contributed by atoms with E-state index in [1.54, 1.807) is 23.1 Å². The lowest BCUT2D eigenvalue weighted by molar-refractivity contribution is -0.150. The summed E-state index contributed by atoms with van der Waals surface area (Å²) in [7, 11) is 1.21. The fourth-order valence-corrected chi connectivity index (χ4v) is 4.94. The van der Waals surface area contributed by atoms with Crippen molar-refractivity contribution < 1.29 is 19.1 Å². The summed E-state index contributed by atoms with van der Waals surface area (Å²) in [5.74, 6) is -3.13. The van der Waals surface area contributed by atoms with Crippen molar-refractivity contribution in [2.75, 3.05) is 26.0 Å². The van der Waals surface area contributed by atoms with E-state index in [1.165, 1.54) is 7.11 Å². The number of nitrogens with one attached hydrogen (secondary N) is 1. The number of hydrogen-bond donors (Lipinski definition) is 1. The molecule has 2 aliphatic rings. The van der Waals surface area contributed by atoms with Gasteiger partial charge in [0.15, 0.2) is 0 Å². The van der Waals surface area contributed by atoms with Crippen molar-refractivity contribution in [3.8, 4) is 6.07 Å². The second-order valence-electron chi connectivity index (χ2n) is 6.75. The number of hydrogen-bond acceptors (Lipinski definition) is 6. The van der Waals surface area contributed by atoms with E-state index < -0.39 is 23.7 Å². The van der Waals surface area contributed by atoms with Crippen molar-refractivity contribution in [3.05, 3.63) is 44.9 Å². The maximum Gasteiger partial charge on any atom is 0.319 e. The fraction of sp³-hybridized carbons (Fsp3) is 0.400. The van der Waals surface area contributed by atoms with E-state index in [9.17, 15) is 19.6 Å². The van der Waals surface area contributed by atoms with Crippen molar-refractivity contribution in [1.29, 1.82) is 5.26 Å². The summed E-state index contributed by atoms with van der Waals surface area (Å²) in [6, 6.07) is 9.27. The summed E-state index contributed by atoms with van der Waals surface area (Å²) in [5, 5.41) is 12.8. The van der Waals surface area contributed by atoms with E-state index in [0.717, 1.165) is 42.2 Å². The number of methoxy groups -OCH3 is 1. The highest BCUT2D eigenvalue weighted by Gasteiger charge is 2.44. The van der Waals surface area contributed by atoms with Crippen LogP contribution in [0.1, 0.15) is 24.3 Å². The van der Waals surface area contributed by atoms with Crippen molar-refractivity contribution in [1.82, 2.24) is 10.2 Å². The van der Waals surface area contributed by atoms with Crippen LogP contribution >= 0.6 is 27.7 Å². The summed E-state index contributed by atoms with van der Waals surface area (Å²) >= 11 is 4.51. The third-order valence-electron chi connectivity index (χ3n) is 4.99. The molecule has 1 saturated heterocycles. The van der Waals surface area contributed by atoms with Gasteiger partial charge in [-0.05, 0) is 30.5 Å². The largest absolute Gasteiger partial charge is 0.468 e. The minimum atomic E-state index is -1.18. The molecule has 1 fully saturated rings. The maximum absolute atomic E-state index is 12.8. The standard InChI is InChI=1S/C20H20BrN3O4S/c1-28-20(27)17-16(12-5-4-6-13(21)9-12)14(10-22)19(23-18(17)26)29-11-15(25)24-7-2-3-8-24/h4-6,9,16-17H,2-3,7-8,11H2,1H3,(H,23,26)/t16-,17+/m0/s1. The van der Waals surface area contributed by atoms with E-state index in [2.05, 4.69) is 27.3 Å². The van der Waals surface area contributed by atoms with Crippen LogP contribution in [-0.4, -0.2) is 48.6 Å². The van der Waals surface area contributed by atoms with Gasteiger partial charge in [0, 0.05) is 23.5 Å². The Hall–Kier alpha value is -2.31. The number of carbonyl (C=O) groups is 3. The van der Waals surface area contributed by atoms with E-state index in [4.69, 9.17) is 4.74 Å². The van der Waals surface area contributed by atoms with Gasteiger partial charge in [-0.15, -0.1) is 0 Å². The molecule has 2 amide bonds. The molecule has 0 aromatic heterocycles. The Kier molecular flexibility index (Phi) is 6.98. The molecule has 0 unspecified atom stereocenters. The van der Waals surface area contributed by atoms with Crippen molar-refractivity contribution in [2.24, 2.45) is 5.92 Å². The van der Waals surface area contributed by atoms with Crippen LogP contribution in [-0.2, 0) is 19.1 Å². The number of esters is 1. The van der Waals surface area contributed by atoms with Gasteiger partial charge in [0.2, 0.25) is 11.8 Å². The number of nitrogens with zero attached hydrogens (tertiary/aromatic N) is 2. The first-order valence-electron chi connectivity index (χ1n) is 9.15. The molecule has 2 atom stereocenters. The SMILES string of the molecule is COC(=O)[C@H]1C(=O)NC(SCC(=O)N2CCCC2)=C(C#N)[C@@H]1c1cccc(Br)c1. The Morgan fingerprint density at radius 3 is 2.72 bits per heavy atom. The predicted octanol–water partition coefficient (Wildman–Crippen LogP) is 2.54. The van der Waals surface area contributed by atoms with E-state index >= 15 is 0 Å². The van der Waals surface area contributed by atoms with Crippen LogP contribution in [0, 0.1) is 17.2 Å². The fourth-order valence-electron chi connectivity index (χ4n) is 3.57. The number of carbonyl (C=O) groups excluding carboxylic acids is 3. The van der Waals surface area contributed by atoms with Crippen LogP contribution in [0.4, 0.5) is 0 Å². The first kappa shape index (κ1) is 21.4. The quantitative estimate of drug-likeness (QED) is 0.516. The van der Waals surface area contributed by atoms with Crippen LogP contribution < -0.4 is 5.32 Å².